The zero-order valence-electron chi connectivity index (χ0n) is 7.50. The highest BCUT2D eigenvalue weighted by Gasteiger charge is 2.30. The monoisotopic (exact) mass is 192 g/mol. The lowest BCUT2D eigenvalue weighted by Gasteiger charge is -2.35. The second-order valence-electron chi connectivity index (χ2n) is 3.24. The predicted octanol–water partition coefficient (Wildman–Crippen LogP) is -0.466. The summed E-state index contributed by atoms with van der Waals surface area (Å²) in [6.07, 6.45) is 0. The van der Waals surface area contributed by atoms with Crippen molar-refractivity contribution in [1.82, 2.24) is 10.0 Å². The highest BCUT2D eigenvalue weighted by atomic mass is 32.2. The average Bonchev–Trinajstić information content (AvgIpc) is 1.98. The van der Waals surface area contributed by atoms with Crippen molar-refractivity contribution in [2.45, 2.75) is 19.9 Å². The zero-order valence-corrected chi connectivity index (χ0v) is 8.32. The first-order chi connectivity index (χ1) is 5.55. The highest BCUT2D eigenvalue weighted by Crippen LogP contribution is 2.13. The van der Waals surface area contributed by atoms with Crippen LogP contribution in [0.15, 0.2) is 0 Å². The molecule has 0 aromatic heterocycles. The van der Waals surface area contributed by atoms with E-state index in [1.165, 1.54) is 0 Å². The summed E-state index contributed by atoms with van der Waals surface area (Å²) in [5, 5.41) is 3.13. The summed E-state index contributed by atoms with van der Waals surface area (Å²) in [6.45, 7) is 5.11. The number of hydrogen-bond donors (Lipinski definition) is 2. The van der Waals surface area contributed by atoms with Crippen LogP contribution < -0.4 is 10.0 Å². The van der Waals surface area contributed by atoms with Gasteiger partial charge in [0.25, 0.3) is 0 Å². The van der Waals surface area contributed by atoms with Gasteiger partial charge in [-0.25, -0.2) is 13.1 Å². The van der Waals surface area contributed by atoms with Gasteiger partial charge in [0.1, 0.15) is 0 Å². The van der Waals surface area contributed by atoms with Crippen LogP contribution >= 0.6 is 0 Å². The van der Waals surface area contributed by atoms with E-state index in [4.69, 9.17) is 0 Å². The smallest absolute Gasteiger partial charge is 0.211 e. The van der Waals surface area contributed by atoms with E-state index in [0.29, 0.717) is 12.6 Å². The van der Waals surface area contributed by atoms with Gasteiger partial charge in [-0.15, -0.1) is 0 Å². The maximum absolute atomic E-state index is 11.2. The van der Waals surface area contributed by atoms with Crippen LogP contribution in [0.25, 0.3) is 0 Å². The molecular weight excluding hydrogens is 176 g/mol. The van der Waals surface area contributed by atoms with Gasteiger partial charge in [0.2, 0.25) is 10.0 Å². The Morgan fingerprint density at radius 2 is 2.25 bits per heavy atom. The Morgan fingerprint density at radius 3 is 2.58 bits per heavy atom. The van der Waals surface area contributed by atoms with E-state index in [-0.39, 0.29) is 11.7 Å². The van der Waals surface area contributed by atoms with Gasteiger partial charge in [0.05, 0.1) is 5.75 Å². The van der Waals surface area contributed by atoms with Crippen LogP contribution in [0.3, 0.4) is 0 Å². The summed E-state index contributed by atoms with van der Waals surface area (Å²) in [5.41, 5.74) is 0. The van der Waals surface area contributed by atoms with E-state index in [0.717, 1.165) is 6.54 Å². The quantitative estimate of drug-likeness (QED) is 0.633. The topological polar surface area (TPSA) is 58.2 Å². The van der Waals surface area contributed by atoms with E-state index in [1.54, 1.807) is 6.92 Å². The number of sulfonamides is 1. The minimum atomic E-state index is -3.01. The Labute approximate surface area is 73.8 Å². The van der Waals surface area contributed by atoms with Crippen LogP contribution in [0.1, 0.15) is 13.8 Å². The molecule has 1 aliphatic rings. The molecule has 2 atom stereocenters. The van der Waals surface area contributed by atoms with E-state index in [9.17, 15) is 8.42 Å². The first-order valence-electron chi connectivity index (χ1n) is 4.26. The molecule has 1 aliphatic heterocycles. The fraction of sp³-hybridized carbons (Fsp3) is 1.00. The van der Waals surface area contributed by atoms with E-state index < -0.39 is 10.0 Å². The normalized spacial score (nSPS) is 29.8. The molecular formula is C7H16N2O2S. The van der Waals surface area contributed by atoms with Gasteiger partial charge >= 0.3 is 0 Å². The number of rotatable bonds is 4. The van der Waals surface area contributed by atoms with Crippen molar-refractivity contribution in [2.24, 2.45) is 5.92 Å². The molecule has 0 aliphatic carbocycles. The maximum Gasteiger partial charge on any atom is 0.211 e. The summed E-state index contributed by atoms with van der Waals surface area (Å²) >= 11 is 0. The van der Waals surface area contributed by atoms with Gasteiger partial charge in [0, 0.05) is 25.0 Å². The first-order valence-corrected chi connectivity index (χ1v) is 5.91. The van der Waals surface area contributed by atoms with Crippen LogP contribution in [-0.2, 0) is 10.0 Å². The number of hydrogen-bond acceptors (Lipinski definition) is 3. The highest BCUT2D eigenvalue weighted by molar-refractivity contribution is 7.89. The predicted molar refractivity (Wildman–Crippen MR) is 48.4 cm³/mol. The molecule has 12 heavy (non-hydrogen) atoms. The molecule has 1 fully saturated rings. The lowest BCUT2D eigenvalue weighted by molar-refractivity contribution is 0.275. The first kappa shape index (κ1) is 9.95. The summed E-state index contributed by atoms with van der Waals surface area (Å²) in [6, 6.07) is 0.346. The third-order valence-electron chi connectivity index (χ3n) is 2.21. The van der Waals surface area contributed by atoms with Crippen LogP contribution in [0, 0.1) is 5.92 Å². The van der Waals surface area contributed by atoms with E-state index >= 15 is 0 Å². The van der Waals surface area contributed by atoms with E-state index in [2.05, 4.69) is 10.0 Å². The summed E-state index contributed by atoms with van der Waals surface area (Å²) in [7, 11) is -3.01. The summed E-state index contributed by atoms with van der Waals surface area (Å²) in [4.78, 5) is 0. The fourth-order valence-corrected chi connectivity index (χ4v) is 2.81. The lowest BCUT2D eigenvalue weighted by Crippen LogP contribution is -2.54. The maximum atomic E-state index is 11.2. The Kier molecular flexibility index (Phi) is 3.09. The van der Waals surface area contributed by atoms with Gasteiger partial charge in [-0.1, -0.05) is 6.92 Å². The summed E-state index contributed by atoms with van der Waals surface area (Å²) in [5.74, 6) is 0.545. The molecule has 0 bridgehead atoms. The van der Waals surface area contributed by atoms with Crippen molar-refractivity contribution in [3.63, 3.8) is 0 Å². The Bertz CT molecular complexity index is 238. The zero-order chi connectivity index (χ0) is 9.19. The van der Waals surface area contributed by atoms with Crippen molar-refractivity contribution < 1.29 is 8.42 Å². The molecule has 0 radical (unpaired) electrons. The van der Waals surface area contributed by atoms with Crippen molar-refractivity contribution in [2.75, 3.05) is 18.8 Å². The molecule has 1 heterocycles. The fourth-order valence-electron chi connectivity index (χ4n) is 1.28. The third-order valence-corrected chi connectivity index (χ3v) is 3.80. The molecule has 1 rings (SSSR count). The van der Waals surface area contributed by atoms with E-state index in [1.807, 2.05) is 6.92 Å². The van der Waals surface area contributed by atoms with Gasteiger partial charge in [-0.2, -0.15) is 0 Å². The largest absolute Gasteiger partial charge is 0.314 e. The molecule has 0 aromatic carbocycles. The molecule has 72 valence electrons. The van der Waals surface area contributed by atoms with Crippen molar-refractivity contribution >= 4 is 10.0 Å². The molecule has 1 saturated heterocycles. The standard InChI is InChI=1S/C7H16N2O2S/c1-3-9-12(10,11)5-7-4-8-6(7)2/h6-9H,3-5H2,1-2H3/t6-,7-/m1/s1. The molecule has 4 nitrogen and oxygen atoms in total. The minimum Gasteiger partial charge on any atom is -0.314 e. The van der Waals surface area contributed by atoms with Crippen molar-refractivity contribution in [1.29, 1.82) is 0 Å². The third kappa shape index (κ3) is 2.43. The van der Waals surface area contributed by atoms with Crippen LogP contribution in [0.2, 0.25) is 0 Å². The molecule has 0 spiro atoms. The lowest BCUT2D eigenvalue weighted by atomic mass is 9.96. The van der Waals surface area contributed by atoms with Crippen molar-refractivity contribution in [3.8, 4) is 0 Å². The molecule has 0 amide bonds. The van der Waals surface area contributed by atoms with Crippen LogP contribution in [-0.4, -0.2) is 33.3 Å². The van der Waals surface area contributed by atoms with Gasteiger partial charge in [0.15, 0.2) is 0 Å². The SMILES string of the molecule is CCNS(=O)(=O)C[C@H]1CN[C@@H]1C. The Balaban J connectivity index is 2.39. The molecule has 0 unspecified atom stereocenters. The second-order valence-corrected chi connectivity index (χ2v) is 5.09. The number of nitrogens with one attached hydrogen (secondary N) is 2. The Morgan fingerprint density at radius 1 is 1.58 bits per heavy atom. The van der Waals surface area contributed by atoms with Gasteiger partial charge in [-0.3, -0.25) is 0 Å². The van der Waals surface area contributed by atoms with Crippen LogP contribution in [0.4, 0.5) is 0 Å². The molecule has 5 heteroatoms. The van der Waals surface area contributed by atoms with Crippen molar-refractivity contribution in [3.05, 3.63) is 0 Å². The molecule has 0 aromatic rings. The Hall–Kier alpha value is -0.130. The molecule has 2 N–H and O–H groups in total. The summed E-state index contributed by atoms with van der Waals surface area (Å²) < 4.78 is 25.0. The average molecular weight is 192 g/mol. The van der Waals surface area contributed by atoms with Gasteiger partial charge in [-0.05, 0) is 6.92 Å². The molecule has 0 saturated carbocycles. The van der Waals surface area contributed by atoms with Crippen LogP contribution in [0.5, 0.6) is 0 Å². The minimum absolute atomic E-state index is 0.259. The second kappa shape index (κ2) is 3.72. The van der Waals surface area contributed by atoms with Gasteiger partial charge < -0.3 is 5.32 Å².